The van der Waals surface area contributed by atoms with Crippen LogP contribution < -0.4 is 5.32 Å². The lowest BCUT2D eigenvalue weighted by atomic mass is 10.0. The van der Waals surface area contributed by atoms with Gasteiger partial charge in [0.15, 0.2) is 9.16 Å². The zero-order valence-corrected chi connectivity index (χ0v) is 23.1. The lowest BCUT2D eigenvalue weighted by Crippen LogP contribution is -2.71. The number of aromatic nitrogens is 2. The minimum atomic E-state index is -4.39. The van der Waals surface area contributed by atoms with Gasteiger partial charge in [-0.25, -0.2) is 18.0 Å². The second kappa shape index (κ2) is 12.7. The number of β-lactam (4-membered cyclic amide) rings is 1. The molecule has 0 aromatic carbocycles. The van der Waals surface area contributed by atoms with Crippen LogP contribution >= 0.6 is 58.8 Å². The minimum absolute atomic E-state index is 0.0216. The number of hydrogen-bond acceptors (Lipinski definition) is 13. The summed E-state index contributed by atoms with van der Waals surface area (Å²) in [6.45, 7) is 0. The first-order valence-corrected chi connectivity index (χ1v) is 16.3. The Hall–Kier alpha value is -1.26. The van der Waals surface area contributed by atoms with Crippen LogP contribution in [0.2, 0.25) is 0 Å². The highest BCUT2D eigenvalue weighted by Crippen LogP contribution is 2.48. The van der Waals surface area contributed by atoms with Crippen molar-refractivity contribution >= 4 is 86.7 Å². The van der Waals surface area contributed by atoms with Gasteiger partial charge in [0, 0.05) is 11.5 Å². The molecule has 1 unspecified atom stereocenters. The van der Waals surface area contributed by atoms with Gasteiger partial charge in [0.25, 0.3) is 27.2 Å². The molecule has 1 saturated heterocycles. The molecule has 2 aliphatic heterocycles. The first kappa shape index (κ1) is 30.3. The quantitative estimate of drug-likeness (QED) is 0.116. The number of aliphatic carboxylic acids is 1. The van der Waals surface area contributed by atoms with Crippen molar-refractivity contribution in [1.29, 1.82) is 0 Å². The molecule has 0 aliphatic carbocycles. The number of hydrogen-bond donors (Lipinski definition) is 3. The third-order valence-corrected chi connectivity index (χ3v) is 11.7. The molecule has 3 N–H and O–H groups in total. The van der Waals surface area contributed by atoms with Gasteiger partial charge in [-0.2, -0.15) is 8.42 Å². The number of carboxylic acids is 1. The van der Waals surface area contributed by atoms with E-state index < -0.39 is 66.5 Å². The van der Waals surface area contributed by atoms with E-state index in [1.807, 2.05) is 0 Å². The monoisotopic (exact) mass is 642 g/mol. The van der Waals surface area contributed by atoms with Crippen LogP contribution in [0.25, 0.3) is 0 Å². The summed E-state index contributed by atoms with van der Waals surface area (Å²) in [5.41, 5.74) is -0.0280. The number of fused-ring (bicyclic) bond motifs is 1. The van der Waals surface area contributed by atoms with Crippen LogP contribution in [-0.2, 0) is 30.3 Å². The van der Waals surface area contributed by atoms with Gasteiger partial charge >= 0.3 is 5.97 Å². The Balaban J connectivity index is 1.72. The summed E-state index contributed by atoms with van der Waals surface area (Å²) >= 11 is 3.11. The summed E-state index contributed by atoms with van der Waals surface area (Å²) in [6.07, 6.45) is 0. The van der Waals surface area contributed by atoms with E-state index >= 15 is 0 Å². The zero-order chi connectivity index (χ0) is 27.4. The van der Waals surface area contributed by atoms with Gasteiger partial charge in [-0.3, -0.25) is 19.0 Å². The second-order valence-electron chi connectivity index (χ2n) is 6.91. The first-order chi connectivity index (χ1) is 17.5. The van der Waals surface area contributed by atoms with E-state index in [-0.39, 0.29) is 28.3 Å². The lowest BCUT2D eigenvalue weighted by molar-refractivity contribution is -0.150. The molecule has 3 heterocycles. The standard InChI is InChI=1S/C16H17F3N4O8S6/c17-4-34-16(35-5-18,36-6-19)14(27)20-9-11(24)23-10(13(25)26)7(1-32-12(9)23)2-33-15-22-21-8(31-15)3-37(28,29)30/h9,12H,1-6H2,(H,20,27)(H,25,26)(H,28,29,30)/t9?,12-/m1/s1. The zero-order valence-electron chi connectivity index (χ0n) is 18.2. The van der Waals surface area contributed by atoms with Crippen molar-refractivity contribution in [1.82, 2.24) is 20.4 Å². The lowest BCUT2D eigenvalue weighted by Gasteiger charge is -2.50. The van der Waals surface area contributed by atoms with Gasteiger partial charge in [0.2, 0.25) is 5.89 Å². The summed E-state index contributed by atoms with van der Waals surface area (Å²) in [7, 11) is -4.39. The number of rotatable bonds is 14. The molecule has 0 saturated carbocycles. The van der Waals surface area contributed by atoms with Crippen molar-refractivity contribution in [3.05, 3.63) is 17.2 Å². The number of carbonyl (C=O) groups excluding carboxylic acids is 2. The normalized spacial score (nSPS) is 20.0. The van der Waals surface area contributed by atoms with Crippen molar-refractivity contribution in [3.63, 3.8) is 0 Å². The summed E-state index contributed by atoms with van der Waals surface area (Å²) < 4.78 is 72.9. The fourth-order valence-electron chi connectivity index (χ4n) is 3.22. The van der Waals surface area contributed by atoms with E-state index in [1.54, 1.807) is 0 Å². The molecule has 12 nitrogen and oxygen atoms in total. The fraction of sp³-hybridized carbons (Fsp3) is 0.562. The van der Waals surface area contributed by atoms with Gasteiger partial charge in [0.1, 0.15) is 35.1 Å². The third-order valence-electron chi connectivity index (χ3n) is 4.67. The predicted molar refractivity (Wildman–Crippen MR) is 133 cm³/mol. The van der Waals surface area contributed by atoms with Crippen LogP contribution in [0.15, 0.2) is 20.9 Å². The van der Waals surface area contributed by atoms with Crippen LogP contribution in [0.3, 0.4) is 0 Å². The highest BCUT2D eigenvalue weighted by Gasteiger charge is 2.56. The number of halogens is 3. The summed E-state index contributed by atoms with van der Waals surface area (Å²) in [5.74, 6) is -4.33. The number of carboxylic acid groups (broad SMARTS) is 1. The van der Waals surface area contributed by atoms with Gasteiger partial charge in [-0.05, 0) is 5.57 Å². The molecule has 2 aliphatic rings. The molecule has 0 radical (unpaired) electrons. The largest absolute Gasteiger partial charge is 0.477 e. The molecular formula is C16H17F3N4O8S6. The minimum Gasteiger partial charge on any atom is -0.477 e. The Morgan fingerprint density at radius 1 is 1.19 bits per heavy atom. The number of thioether (sulfide) groups is 5. The summed E-state index contributed by atoms with van der Waals surface area (Å²) in [6, 6.07) is -4.53. The van der Waals surface area contributed by atoms with Gasteiger partial charge in [-0.1, -0.05) is 47.0 Å². The van der Waals surface area contributed by atoms with Crippen molar-refractivity contribution in [2.45, 2.75) is 25.8 Å². The van der Waals surface area contributed by atoms with Crippen LogP contribution in [0, 0.1) is 0 Å². The van der Waals surface area contributed by atoms with E-state index in [2.05, 4.69) is 15.5 Å². The molecule has 2 amide bonds. The van der Waals surface area contributed by atoms with Gasteiger partial charge < -0.3 is 14.8 Å². The van der Waals surface area contributed by atoms with Crippen LogP contribution in [0.1, 0.15) is 5.89 Å². The molecule has 21 heteroatoms. The van der Waals surface area contributed by atoms with Crippen molar-refractivity contribution in [3.8, 4) is 0 Å². The van der Waals surface area contributed by atoms with E-state index in [0.717, 1.165) is 28.4 Å². The molecule has 1 fully saturated rings. The molecule has 0 spiro atoms. The van der Waals surface area contributed by atoms with Crippen LogP contribution in [0.5, 0.6) is 0 Å². The Labute approximate surface area is 228 Å². The highest BCUT2D eigenvalue weighted by atomic mass is 32.3. The van der Waals surface area contributed by atoms with E-state index in [1.165, 1.54) is 0 Å². The Kier molecular flexibility index (Phi) is 10.4. The van der Waals surface area contributed by atoms with Crippen molar-refractivity contribution in [2.24, 2.45) is 0 Å². The molecule has 37 heavy (non-hydrogen) atoms. The second-order valence-corrected chi connectivity index (χ2v) is 14.5. The molecule has 1 aromatic rings. The number of amides is 2. The molecule has 2 atom stereocenters. The molecule has 3 rings (SSSR count). The topological polar surface area (TPSA) is 180 Å². The number of nitrogens with zero attached hydrogens (tertiary/aromatic N) is 3. The Bertz CT molecular complexity index is 1170. The summed E-state index contributed by atoms with van der Waals surface area (Å²) in [5, 5.41) is 18.3. The van der Waals surface area contributed by atoms with Crippen LogP contribution in [0.4, 0.5) is 13.2 Å². The van der Waals surface area contributed by atoms with Crippen molar-refractivity contribution in [2.75, 3.05) is 29.5 Å². The SMILES string of the molecule is O=C(O)C1=C(CSc2nnc(CS(=O)(=O)O)o2)CS[C@@H]2C(NC(=O)C(SCF)(SCF)SCF)C(=O)N12. The van der Waals surface area contributed by atoms with E-state index in [9.17, 15) is 41.1 Å². The maximum Gasteiger partial charge on any atom is 0.352 e. The van der Waals surface area contributed by atoms with E-state index in [0.29, 0.717) is 40.9 Å². The summed E-state index contributed by atoms with van der Waals surface area (Å²) in [4.78, 5) is 38.6. The first-order valence-electron chi connectivity index (χ1n) is 9.67. The number of carbonyl (C=O) groups is 3. The van der Waals surface area contributed by atoms with Crippen LogP contribution in [-0.4, -0.2) is 95.3 Å². The highest BCUT2D eigenvalue weighted by molar-refractivity contribution is 8.35. The molecular weight excluding hydrogens is 626 g/mol. The number of alkyl halides is 3. The third kappa shape index (κ3) is 7.04. The number of nitrogens with one attached hydrogen (secondary N) is 1. The van der Waals surface area contributed by atoms with Gasteiger partial charge in [-0.15, -0.1) is 22.0 Å². The molecule has 1 aromatic heterocycles. The Morgan fingerprint density at radius 3 is 2.35 bits per heavy atom. The maximum atomic E-state index is 13.0. The average Bonchev–Trinajstić information content (AvgIpc) is 3.26. The molecule has 206 valence electrons. The fourth-order valence-corrected chi connectivity index (χ4v) is 8.72. The van der Waals surface area contributed by atoms with Crippen molar-refractivity contribution < 1.29 is 50.0 Å². The maximum absolute atomic E-state index is 13.0. The van der Waals surface area contributed by atoms with Gasteiger partial charge in [0.05, 0.1) is 0 Å². The average molecular weight is 643 g/mol. The van der Waals surface area contributed by atoms with E-state index in [4.69, 9.17) is 8.97 Å². The Morgan fingerprint density at radius 2 is 1.81 bits per heavy atom. The smallest absolute Gasteiger partial charge is 0.352 e. The predicted octanol–water partition coefficient (Wildman–Crippen LogP) is 1.92. The molecule has 0 bridgehead atoms.